The quantitative estimate of drug-likeness (QED) is 0.566. The molecule has 3 unspecified atom stereocenters. The minimum Gasteiger partial charge on any atom is -0.497 e. The van der Waals surface area contributed by atoms with Gasteiger partial charge in [-0.25, -0.2) is 0 Å². The van der Waals surface area contributed by atoms with Crippen molar-refractivity contribution in [3.05, 3.63) is 23.5 Å². The Hall–Kier alpha value is -0.305. The summed E-state index contributed by atoms with van der Waals surface area (Å²) in [5.41, 5.74) is 1.67. The maximum atomic E-state index is 6.17. The second-order valence-electron chi connectivity index (χ2n) is 7.02. The van der Waals surface area contributed by atoms with E-state index in [9.17, 15) is 0 Å². The van der Waals surface area contributed by atoms with Crippen LogP contribution in [0.3, 0.4) is 0 Å². The summed E-state index contributed by atoms with van der Waals surface area (Å²) >= 11 is 4.72. The molecule has 0 aromatic rings. The van der Waals surface area contributed by atoms with Gasteiger partial charge in [0.1, 0.15) is 0 Å². The topological polar surface area (TPSA) is 9.23 Å². The van der Waals surface area contributed by atoms with Crippen molar-refractivity contribution in [2.75, 3.05) is 0 Å². The van der Waals surface area contributed by atoms with Crippen molar-refractivity contribution in [3.63, 3.8) is 0 Å². The molecular weight excluding hydrogens is 251 g/mol. The fraction of sp³-hybridized carbons (Fsp3) is 0.750. The summed E-state index contributed by atoms with van der Waals surface area (Å²) in [4.78, 5) is 0. The number of thiol groups is 1. The number of allylic oxidation sites excluding steroid dienone is 3. The van der Waals surface area contributed by atoms with Gasteiger partial charge in [-0.15, -0.1) is 0 Å². The Kier molecular flexibility index (Phi) is 4.44. The van der Waals surface area contributed by atoms with Gasteiger partial charge in [0, 0.05) is 11.7 Å². The van der Waals surface area contributed by atoms with E-state index in [0.29, 0.717) is 10.7 Å². The minimum atomic E-state index is -0.132. The molecule has 1 aliphatic carbocycles. The standard InChI is InChI=1S/C16H27BOS/c1-12(19)15(2)9-4-6-13-8-11-16(3,17)18-14(13)7-5-10-15/h8,11-12,19H,4-7,9-10,17H2,1-3H3. The van der Waals surface area contributed by atoms with Crippen LogP contribution in [0.1, 0.15) is 59.3 Å². The Morgan fingerprint density at radius 3 is 2.53 bits per heavy atom. The Bertz CT molecular complexity index is 398. The first-order valence-corrected chi connectivity index (χ1v) is 8.12. The summed E-state index contributed by atoms with van der Waals surface area (Å²) in [7, 11) is 2.14. The van der Waals surface area contributed by atoms with E-state index in [2.05, 4.69) is 40.8 Å². The van der Waals surface area contributed by atoms with E-state index < -0.39 is 0 Å². The predicted molar refractivity (Wildman–Crippen MR) is 88.5 cm³/mol. The maximum absolute atomic E-state index is 6.17. The molecule has 0 fully saturated rings. The fourth-order valence-corrected chi connectivity index (χ4v) is 3.38. The fourth-order valence-electron chi connectivity index (χ4n) is 3.12. The molecular formula is C16H27BOS. The van der Waals surface area contributed by atoms with E-state index >= 15 is 0 Å². The minimum absolute atomic E-state index is 0.132. The molecule has 2 aliphatic rings. The first-order valence-electron chi connectivity index (χ1n) is 7.61. The first kappa shape index (κ1) is 15.1. The zero-order valence-electron chi connectivity index (χ0n) is 12.8. The van der Waals surface area contributed by atoms with Gasteiger partial charge in [0.25, 0.3) is 0 Å². The molecule has 0 bridgehead atoms. The third-order valence-electron chi connectivity index (χ3n) is 4.78. The lowest BCUT2D eigenvalue weighted by atomic mass is 9.78. The number of rotatable bonds is 1. The van der Waals surface area contributed by atoms with E-state index in [1.165, 1.54) is 37.0 Å². The van der Waals surface area contributed by atoms with Crippen LogP contribution in [0.2, 0.25) is 0 Å². The van der Waals surface area contributed by atoms with Gasteiger partial charge in [-0.2, -0.15) is 12.6 Å². The Morgan fingerprint density at radius 1 is 1.26 bits per heavy atom. The van der Waals surface area contributed by atoms with Gasteiger partial charge in [0.05, 0.1) is 11.3 Å². The van der Waals surface area contributed by atoms with Crippen LogP contribution in [-0.4, -0.2) is 18.6 Å². The molecule has 0 saturated carbocycles. The molecule has 0 spiro atoms. The van der Waals surface area contributed by atoms with Crippen LogP contribution in [0.15, 0.2) is 23.5 Å². The van der Waals surface area contributed by atoms with Crippen LogP contribution in [0.5, 0.6) is 0 Å². The molecule has 106 valence electrons. The van der Waals surface area contributed by atoms with Gasteiger partial charge in [0.15, 0.2) is 7.85 Å². The zero-order valence-corrected chi connectivity index (χ0v) is 13.7. The number of hydrogen-bond acceptors (Lipinski definition) is 2. The second kappa shape index (κ2) is 5.59. The van der Waals surface area contributed by atoms with Crippen molar-refractivity contribution in [2.24, 2.45) is 5.41 Å². The molecule has 0 saturated heterocycles. The lowest BCUT2D eigenvalue weighted by Crippen LogP contribution is -2.28. The molecule has 1 heterocycles. The molecule has 0 aromatic carbocycles. The van der Waals surface area contributed by atoms with Crippen molar-refractivity contribution in [2.45, 2.75) is 70.0 Å². The maximum Gasteiger partial charge on any atom is 0.163 e. The van der Waals surface area contributed by atoms with E-state index in [4.69, 9.17) is 17.4 Å². The van der Waals surface area contributed by atoms with E-state index in [1.807, 2.05) is 0 Å². The van der Waals surface area contributed by atoms with Crippen LogP contribution in [0.4, 0.5) is 0 Å². The van der Waals surface area contributed by atoms with Crippen molar-refractivity contribution >= 4 is 20.5 Å². The lowest BCUT2D eigenvalue weighted by molar-refractivity contribution is 0.116. The number of hydrogen-bond donors (Lipinski definition) is 1. The monoisotopic (exact) mass is 278 g/mol. The van der Waals surface area contributed by atoms with Crippen molar-refractivity contribution in [3.8, 4) is 0 Å². The Morgan fingerprint density at radius 2 is 1.89 bits per heavy atom. The highest BCUT2D eigenvalue weighted by atomic mass is 32.1. The second-order valence-corrected chi connectivity index (χ2v) is 7.80. The summed E-state index contributed by atoms with van der Waals surface area (Å²) in [5, 5.41) is 0.468. The van der Waals surface area contributed by atoms with Crippen LogP contribution in [0.25, 0.3) is 0 Å². The Labute approximate surface area is 124 Å². The predicted octanol–water partition coefficient (Wildman–Crippen LogP) is 3.86. The third kappa shape index (κ3) is 3.62. The van der Waals surface area contributed by atoms with Crippen LogP contribution < -0.4 is 0 Å². The molecule has 1 nitrogen and oxygen atoms in total. The average molecular weight is 278 g/mol. The average Bonchev–Trinajstić information content (AvgIpc) is 2.37. The molecule has 3 heteroatoms. The van der Waals surface area contributed by atoms with Crippen molar-refractivity contribution in [1.82, 2.24) is 0 Å². The van der Waals surface area contributed by atoms with Gasteiger partial charge in [-0.05, 0) is 50.0 Å². The van der Waals surface area contributed by atoms with Crippen LogP contribution in [0, 0.1) is 5.41 Å². The molecule has 3 atom stereocenters. The van der Waals surface area contributed by atoms with Gasteiger partial charge in [-0.3, -0.25) is 0 Å². The van der Waals surface area contributed by atoms with Gasteiger partial charge in [0.2, 0.25) is 0 Å². The number of ether oxygens (including phenoxy) is 1. The van der Waals surface area contributed by atoms with Crippen molar-refractivity contribution in [1.29, 1.82) is 0 Å². The molecule has 19 heavy (non-hydrogen) atoms. The highest BCUT2D eigenvalue weighted by molar-refractivity contribution is 7.81. The van der Waals surface area contributed by atoms with Crippen LogP contribution >= 0.6 is 12.6 Å². The van der Waals surface area contributed by atoms with E-state index in [1.54, 1.807) is 0 Å². The van der Waals surface area contributed by atoms with Gasteiger partial charge >= 0.3 is 0 Å². The first-order chi connectivity index (χ1) is 8.82. The normalized spacial score (nSPS) is 37.7. The summed E-state index contributed by atoms with van der Waals surface area (Å²) in [6.45, 7) is 6.78. The lowest BCUT2D eigenvalue weighted by Gasteiger charge is -2.33. The van der Waals surface area contributed by atoms with E-state index in [0.717, 1.165) is 12.8 Å². The SMILES string of the molecule is BC1(C)C=CC2=C(CCCC(C)(C(C)S)CCC2)O1. The van der Waals surface area contributed by atoms with Gasteiger partial charge in [-0.1, -0.05) is 26.0 Å². The summed E-state index contributed by atoms with van der Waals surface area (Å²) in [5.74, 6) is 1.24. The van der Waals surface area contributed by atoms with E-state index in [-0.39, 0.29) is 5.50 Å². The highest BCUT2D eigenvalue weighted by Crippen LogP contribution is 2.41. The third-order valence-corrected chi connectivity index (χ3v) is 5.41. The molecule has 2 rings (SSSR count). The van der Waals surface area contributed by atoms with Crippen LogP contribution in [-0.2, 0) is 4.74 Å². The molecule has 0 N–H and O–H groups in total. The van der Waals surface area contributed by atoms with Crippen molar-refractivity contribution < 1.29 is 4.74 Å². The summed E-state index contributed by atoms with van der Waals surface area (Å²) in [6.07, 6.45) is 11.7. The smallest absolute Gasteiger partial charge is 0.163 e. The Balaban J connectivity index is 2.10. The summed E-state index contributed by atoms with van der Waals surface area (Å²) < 4.78 is 6.17. The molecule has 1 aliphatic heterocycles. The largest absolute Gasteiger partial charge is 0.497 e. The molecule has 0 radical (unpaired) electrons. The molecule has 0 amide bonds. The van der Waals surface area contributed by atoms with Gasteiger partial charge < -0.3 is 4.74 Å². The molecule has 0 aromatic heterocycles. The highest BCUT2D eigenvalue weighted by Gasteiger charge is 2.31. The summed E-state index contributed by atoms with van der Waals surface area (Å²) in [6, 6.07) is 0. The zero-order chi connectivity index (χ0) is 14.1.